The van der Waals surface area contributed by atoms with Crippen LogP contribution in [0.1, 0.15) is 5.56 Å². The Kier molecular flexibility index (Phi) is 3.44. The third kappa shape index (κ3) is 2.68. The van der Waals surface area contributed by atoms with Gasteiger partial charge in [0.25, 0.3) is 10.0 Å². The summed E-state index contributed by atoms with van der Waals surface area (Å²) in [5, 5.41) is 9.55. The first-order valence-corrected chi connectivity index (χ1v) is 6.96. The van der Waals surface area contributed by atoms with Gasteiger partial charge in [-0.3, -0.25) is 4.72 Å². The molecule has 2 rings (SSSR count). The van der Waals surface area contributed by atoms with E-state index in [4.69, 9.17) is 0 Å². The van der Waals surface area contributed by atoms with Gasteiger partial charge in [-0.15, -0.1) is 0 Å². The number of rotatable bonds is 3. The van der Waals surface area contributed by atoms with Gasteiger partial charge >= 0.3 is 0 Å². The van der Waals surface area contributed by atoms with Crippen LogP contribution in [0, 0.1) is 12.7 Å². The largest absolute Gasteiger partial charge is 0.507 e. The smallest absolute Gasteiger partial charge is 0.265 e. The Bertz CT molecular complexity index is 693. The quantitative estimate of drug-likeness (QED) is 0.909. The third-order valence-corrected chi connectivity index (χ3v) is 4.01. The second-order valence-electron chi connectivity index (χ2n) is 4.00. The SMILES string of the molecule is Cc1cccc(F)c1NS(=O)(=O)c1ccccc1O. The lowest BCUT2D eigenvalue weighted by Gasteiger charge is -2.12. The van der Waals surface area contributed by atoms with E-state index in [0.717, 1.165) is 6.07 Å². The van der Waals surface area contributed by atoms with Crippen LogP contribution in [0.3, 0.4) is 0 Å². The topological polar surface area (TPSA) is 66.4 Å². The molecule has 0 aliphatic rings. The summed E-state index contributed by atoms with van der Waals surface area (Å²) >= 11 is 0. The number of phenols is 1. The molecule has 0 aliphatic heterocycles. The monoisotopic (exact) mass is 281 g/mol. The second kappa shape index (κ2) is 4.89. The Balaban J connectivity index is 2.46. The Morgan fingerprint density at radius 1 is 1.11 bits per heavy atom. The molecule has 19 heavy (non-hydrogen) atoms. The zero-order chi connectivity index (χ0) is 14.0. The highest BCUT2D eigenvalue weighted by molar-refractivity contribution is 7.92. The number of hydrogen-bond acceptors (Lipinski definition) is 3. The van der Waals surface area contributed by atoms with Crippen LogP contribution in [-0.4, -0.2) is 13.5 Å². The van der Waals surface area contributed by atoms with Gasteiger partial charge < -0.3 is 5.11 Å². The van der Waals surface area contributed by atoms with Crippen LogP contribution in [0.25, 0.3) is 0 Å². The first-order valence-electron chi connectivity index (χ1n) is 5.48. The van der Waals surface area contributed by atoms with Crippen molar-refractivity contribution in [2.24, 2.45) is 0 Å². The predicted molar refractivity (Wildman–Crippen MR) is 70.1 cm³/mol. The van der Waals surface area contributed by atoms with Crippen LogP contribution in [0.5, 0.6) is 5.75 Å². The molecule has 0 fully saturated rings. The maximum atomic E-state index is 13.6. The van der Waals surface area contributed by atoms with E-state index in [0.29, 0.717) is 5.56 Å². The number of aryl methyl sites for hydroxylation is 1. The number of halogens is 1. The summed E-state index contributed by atoms with van der Waals surface area (Å²) in [6, 6.07) is 9.71. The highest BCUT2D eigenvalue weighted by Crippen LogP contribution is 2.26. The number of hydrogen-bond donors (Lipinski definition) is 2. The van der Waals surface area contributed by atoms with Crippen molar-refractivity contribution in [2.45, 2.75) is 11.8 Å². The van der Waals surface area contributed by atoms with Crippen LogP contribution in [0.4, 0.5) is 10.1 Å². The molecule has 6 heteroatoms. The lowest BCUT2D eigenvalue weighted by molar-refractivity contribution is 0.459. The van der Waals surface area contributed by atoms with Crippen molar-refractivity contribution in [3.63, 3.8) is 0 Å². The minimum atomic E-state index is -4.03. The summed E-state index contributed by atoms with van der Waals surface area (Å²) in [5.74, 6) is -1.05. The van der Waals surface area contributed by atoms with E-state index in [1.165, 1.54) is 30.3 Å². The molecule has 0 bridgehead atoms. The van der Waals surface area contributed by atoms with E-state index in [-0.39, 0.29) is 16.3 Å². The summed E-state index contributed by atoms with van der Waals surface area (Å²) in [7, 11) is -4.03. The Morgan fingerprint density at radius 3 is 2.42 bits per heavy atom. The Morgan fingerprint density at radius 2 is 1.79 bits per heavy atom. The van der Waals surface area contributed by atoms with Crippen molar-refractivity contribution >= 4 is 15.7 Å². The van der Waals surface area contributed by atoms with Crippen molar-refractivity contribution in [1.82, 2.24) is 0 Å². The fourth-order valence-corrected chi connectivity index (χ4v) is 2.87. The average Bonchev–Trinajstić information content (AvgIpc) is 2.34. The first-order chi connectivity index (χ1) is 8.92. The molecule has 0 saturated heterocycles. The fourth-order valence-electron chi connectivity index (χ4n) is 1.63. The van der Waals surface area contributed by atoms with Crippen molar-refractivity contribution in [3.05, 3.63) is 53.8 Å². The third-order valence-electron chi connectivity index (χ3n) is 2.61. The Labute approximate surface area is 110 Å². The molecule has 0 aromatic heterocycles. The lowest BCUT2D eigenvalue weighted by atomic mass is 10.2. The number of aromatic hydroxyl groups is 1. The van der Waals surface area contributed by atoms with E-state index in [2.05, 4.69) is 4.72 Å². The van der Waals surface area contributed by atoms with Gasteiger partial charge in [0.2, 0.25) is 0 Å². The number of anilines is 1. The number of sulfonamides is 1. The van der Waals surface area contributed by atoms with E-state index in [9.17, 15) is 17.9 Å². The highest BCUT2D eigenvalue weighted by atomic mass is 32.2. The molecule has 100 valence electrons. The Hall–Kier alpha value is -2.08. The molecule has 0 amide bonds. The molecule has 4 nitrogen and oxygen atoms in total. The molecule has 0 saturated carbocycles. The lowest BCUT2D eigenvalue weighted by Crippen LogP contribution is -2.15. The summed E-state index contributed by atoms with van der Waals surface area (Å²) in [6.07, 6.45) is 0. The van der Waals surface area contributed by atoms with Crippen molar-refractivity contribution < 1.29 is 17.9 Å². The minimum absolute atomic E-state index is 0.120. The van der Waals surface area contributed by atoms with Crippen molar-refractivity contribution in [2.75, 3.05) is 4.72 Å². The van der Waals surface area contributed by atoms with Gasteiger partial charge in [-0.05, 0) is 30.7 Å². The van der Waals surface area contributed by atoms with Gasteiger partial charge in [-0.1, -0.05) is 24.3 Å². The molecule has 2 N–H and O–H groups in total. The molecule has 0 unspecified atom stereocenters. The fraction of sp³-hybridized carbons (Fsp3) is 0.0769. The zero-order valence-corrected chi connectivity index (χ0v) is 10.9. The van der Waals surface area contributed by atoms with E-state index < -0.39 is 15.8 Å². The molecule has 2 aromatic carbocycles. The van der Waals surface area contributed by atoms with Crippen LogP contribution in [0.2, 0.25) is 0 Å². The second-order valence-corrected chi connectivity index (χ2v) is 5.66. The summed E-state index contributed by atoms with van der Waals surface area (Å²) in [4.78, 5) is -0.294. The molecule has 0 atom stereocenters. The number of phenolic OH excluding ortho intramolecular Hbond substituents is 1. The summed E-state index contributed by atoms with van der Waals surface area (Å²) < 4.78 is 39.9. The maximum absolute atomic E-state index is 13.6. The standard InChI is InChI=1S/C13H12FNO3S/c1-9-5-4-6-10(14)13(9)15-19(17,18)12-8-3-2-7-11(12)16/h2-8,15-16H,1H3. The summed E-state index contributed by atoms with van der Waals surface area (Å²) in [5.41, 5.74) is 0.338. The van der Waals surface area contributed by atoms with E-state index in [1.54, 1.807) is 13.0 Å². The van der Waals surface area contributed by atoms with Crippen LogP contribution in [0.15, 0.2) is 47.4 Å². The van der Waals surface area contributed by atoms with Gasteiger partial charge in [0.05, 0.1) is 5.69 Å². The van der Waals surface area contributed by atoms with Crippen molar-refractivity contribution in [1.29, 1.82) is 0 Å². The van der Waals surface area contributed by atoms with E-state index >= 15 is 0 Å². The summed E-state index contributed by atoms with van der Waals surface area (Å²) in [6.45, 7) is 1.59. The zero-order valence-electron chi connectivity index (χ0n) is 10.1. The van der Waals surface area contributed by atoms with Gasteiger partial charge in [-0.2, -0.15) is 0 Å². The molecule has 0 spiro atoms. The minimum Gasteiger partial charge on any atom is -0.507 e. The van der Waals surface area contributed by atoms with Crippen LogP contribution in [-0.2, 0) is 10.0 Å². The van der Waals surface area contributed by atoms with E-state index in [1.807, 2.05) is 0 Å². The highest BCUT2D eigenvalue weighted by Gasteiger charge is 2.20. The molecule has 0 radical (unpaired) electrons. The van der Waals surface area contributed by atoms with Crippen molar-refractivity contribution in [3.8, 4) is 5.75 Å². The van der Waals surface area contributed by atoms with Crippen LogP contribution >= 0.6 is 0 Å². The number of para-hydroxylation sites is 2. The molecular formula is C13H12FNO3S. The molecule has 0 heterocycles. The molecule has 0 aliphatic carbocycles. The van der Waals surface area contributed by atoms with Crippen LogP contribution < -0.4 is 4.72 Å². The predicted octanol–water partition coefficient (Wildman–Crippen LogP) is 2.64. The van der Waals surface area contributed by atoms with Gasteiger partial charge in [0.1, 0.15) is 16.5 Å². The number of nitrogens with one attached hydrogen (secondary N) is 1. The average molecular weight is 281 g/mol. The maximum Gasteiger partial charge on any atom is 0.265 e. The number of benzene rings is 2. The normalized spacial score (nSPS) is 11.3. The first kappa shape index (κ1) is 13.4. The molecule has 2 aromatic rings. The van der Waals surface area contributed by atoms with Gasteiger partial charge in [0, 0.05) is 0 Å². The van der Waals surface area contributed by atoms with Gasteiger partial charge in [-0.25, -0.2) is 12.8 Å². The molecular weight excluding hydrogens is 269 g/mol. The van der Waals surface area contributed by atoms with Gasteiger partial charge in [0.15, 0.2) is 0 Å².